The van der Waals surface area contributed by atoms with Crippen LogP contribution in [-0.2, 0) is 16.3 Å². The highest BCUT2D eigenvalue weighted by atomic mass is 32.2. The van der Waals surface area contributed by atoms with E-state index in [2.05, 4.69) is 4.98 Å². The normalized spacial score (nSPS) is 11.5. The number of imidazole rings is 1. The van der Waals surface area contributed by atoms with Crippen LogP contribution in [0.4, 0.5) is 4.39 Å². The molecule has 0 unspecified atom stereocenters. The van der Waals surface area contributed by atoms with E-state index >= 15 is 0 Å². The average Bonchev–Trinajstić information content (AvgIpc) is 3.25. The third-order valence-corrected chi connectivity index (χ3v) is 6.79. The molecule has 4 aromatic rings. The molecule has 2 heterocycles. The first-order valence-electron chi connectivity index (χ1n) is 9.52. The SMILES string of the molecule is COc1ccc(S(=O)(=O)c2ccc(CCC(=O)c3ccc4nccn4c3)cc2)cc1F. The minimum Gasteiger partial charge on any atom is -0.494 e. The van der Waals surface area contributed by atoms with E-state index in [1.54, 1.807) is 47.3 Å². The Bertz CT molecular complexity index is 1360. The van der Waals surface area contributed by atoms with Gasteiger partial charge in [-0.25, -0.2) is 17.8 Å². The van der Waals surface area contributed by atoms with Crippen molar-refractivity contribution in [2.75, 3.05) is 7.11 Å². The second kappa shape index (κ2) is 8.31. The predicted molar refractivity (Wildman–Crippen MR) is 113 cm³/mol. The van der Waals surface area contributed by atoms with Crippen LogP contribution in [0.15, 0.2) is 83.0 Å². The van der Waals surface area contributed by atoms with Gasteiger partial charge in [0, 0.05) is 30.6 Å². The Morgan fingerprint density at radius 1 is 1.06 bits per heavy atom. The molecule has 0 fully saturated rings. The first-order chi connectivity index (χ1) is 14.9. The average molecular weight is 438 g/mol. The summed E-state index contributed by atoms with van der Waals surface area (Å²) in [5.74, 6) is -0.778. The minimum absolute atomic E-state index is 0.0130. The van der Waals surface area contributed by atoms with Crippen LogP contribution in [0.3, 0.4) is 0 Å². The van der Waals surface area contributed by atoms with Crippen molar-refractivity contribution < 1.29 is 22.3 Å². The molecule has 0 spiro atoms. The smallest absolute Gasteiger partial charge is 0.206 e. The molecule has 158 valence electrons. The van der Waals surface area contributed by atoms with Gasteiger partial charge < -0.3 is 9.14 Å². The largest absolute Gasteiger partial charge is 0.494 e. The van der Waals surface area contributed by atoms with Gasteiger partial charge in [-0.3, -0.25) is 4.79 Å². The number of hydrogen-bond acceptors (Lipinski definition) is 5. The zero-order chi connectivity index (χ0) is 22.0. The van der Waals surface area contributed by atoms with Crippen LogP contribution in [-0.4, -0.2) is 30.7 Å². The molecule has 0 saturated heterocycles. The summed E-state index contributed by atoms with van der Waals surface area (Å²) in [4.78, 5) is 16.6. The Labute approximate surface area is 178 Å². The summed E-state index contributed by atoms with van der Waals surface area (Å²) in [7, 11) is -2.55. The van der Waals surface area contributed by atoms with Gasteiger partial charge in [-0.1, -0.05) is 12.1 Å². The molecule has 0 N–H and O–H groups in total. The molecule has 0 amide bonds. The van der Waals surface area contributed by atoms with Crippen LogP contribution < -0.4 is 4.74 Å². The summed E-state index contributed by atoms with van der Waals surface area (Å²) in [5.41, 5.74) is 2.19. The van der Waals surface area contributed by atoms with Crippen molar-refractivity contribution in [1.29, 1.82) is 0 Å². The number of aryl methyl sites for hydroxylation is 1. The number of benzene rings is 2. The van der Waals surface area contributed by atoms with E-state index in [0.29, 0.717) is 12.0 Å². The van der Waals surface area contributed by atoms with Crippen LogP contribution in [0, 0.1) is 5.82 Å². The lowest BCUT2D eigenvalue weighted by Crippen LogP contribution is -2.04. The van der Waals surface area contributed by atoms with Crippen LogP contribution >= 0.6 is 0 Å². The number of ketones is 1. The molecule has 0 atom stereocenters. The summed E-state index contributed by atoms with van der Waals surface area (Å²) in [5, 5.41) is 0. The van der Waals surface area contributed by atoms with Gasteiger partial charge in [-0.15, -0.1) is 0 Å². The third kappa shape index (κ3) is 4.20. The highest BCUT2D eigenvalue weighted by Crippen LogP contribution is 2.26. The zero-order valence-electron chi connectivity index (χ0n) is 16.7. The van der Waals surface area contributed by atoms with Gasteiger partial charge in [-0.2, -0.15) is 0 Å². The van der Waals surface area contributed by atoms with Crippen LogP contribution in [0.2, 0.25) is 0 Å². The molecular weight excluding hydrogens is 419 g/mol. The van der Waals surface area contributed by atoms with Crippen molar-refractivity contribution in [2.24, 2.45) is 0 Å². The molecule has 6 nitrogen and oxygen atoms in total. The van der Waals surface area contributed by atoms with Gasteiger partial charge in [0.05, 0.1) is 16.9 Å². The quantitative estimate of drug-likeness (QED) is 0.406. The fraction of sp³-hybridized carbons (Fsp3) is 0.130. The Morgan fingerprint density at radius 2 is 1.81 bits per heavy atom. The molecule has 0 aliphatic rings. The number of methoxy groups -OCH3 is 1. The van der Waals surface area contributed by atoms with E-state index < -0.39 is 15.7 Å². The van der Waals surface area contributed by atoms with E-state index in [4.69, 9.17) is 4.74 Å². The van der Waals surface area contributed by atoms with Gasteiger partial charge in [0.25, 0.3) is 0 Å². The molecular formula is C23H19FN2O4S. The van der Waals surface area contributed by atoms with Gasteiger partial charge in [-0.05, 0) is 54.4 Å². The number of rotatable bonds is 7. The highest BCUT2D eigenvalue weighted by molar-refractivity contribution is 7.91. The maximum Gasteiger partial charge on any atom is 0.206 e. The maximum absolute atomic E-state index is 13.9. The molecule has 2 aromatic carbocycles. The standard InChI is InChI=1S/C23H19FN2O4S/c1-30-22-10-8-19(14-20(22)24)31(28,29)18-6-2-16(3-7-18)4-9-21(27)17-5-11-23-25-12-13-26(23)15-17/h2-3,5-8,10-15H,4,9H2,1H3. The van der Waals surface area contributed by atoms with Gasteiger partial charge in [0.1, 0.15) is 5.65 Å². The van der Waals surface area contributed by atoms with Crippen molar-refractivity contribution in [3.05, 3.63) is 90.1 Å². The molecule has 4 rings (SSSR count). The second-order valence-corrected chi connectivity index (χ2v) is 8.93. The summed E-state index contributed by atoms with van der Waals surface area (Å²) >= 11 is 0. The summed E-state index contributed by atoms with van der Waals surface area (Å²) in [6.45, 7) is 0. The Morgan fingerprint density at radius 3 is 2.52 bits per heavy atom. The van der Waals surface area contributed by atoms with Crippen molar-refractivity contribution in [3.63, 3.8) is 0 Å². The lowest BCUT2D eigenvalue weighted by Gasteiger charge is -2.08. The summed E-state index contributed by atoms with van der Waals surface area (Å²) < 4.78 is 46.1. The number of carbonyl (C=O) groups excluding carboxylic acids is 1. The third-order valence-electron chi connectivity index (χ3n) is 5.02. The second-order valence-electron chi connectivity index (χ2n) is 6.98. The molecule has 8 heteroatoms. The highest BCUT2D eigenvalue weighted by Gasteiger charge is 2.19. The van der Waals surface area contributed by atoms with Crippen LogP contribution in [0.1, 0.15) is 22.3 Å². The van der Waals surface area contributed by atoms with E-state index in [9.17, 15) is 17.6 Å². The maximum atomic E-state index is 13.9. The van der Waals surface area contributed by atoms with E-state index in [0.717, 1.165) is 17.3 Å². The fourth-order valence-corrected chi connectivity index (χ4v) is 4.55. The van der Waals surface area contributed by atoms with E-state index in [1.165, 1.54) is 31.4 Å². The van der Waals surface area contributed by atoms with E-state index in [-0.39, 0.29) is 27.7 Å². The Hall–Kier alpha value is -3.52. The number of pyridine rings is 1. The lowest BCUT2D eigenvalue weighted by atomic mass is 10.0. The van der Waals surface area contributed by atoms with Crippen LogP contribution in [0.5, 0.6) is 5.75 Å². The molecule has 0 aliphatic heterocycles. The van der Waals surface area contributed by atoms with Crippen molar-refractivity contribution >= 4 is 21.3 Å². The Kier molecular flexibility index (Phi) is 5.56. The number of carbonyl (C=O) groups is 1. The predicted octanol–water partition coefficient (Wildman–Crippen LogP) is 4.13. The number of Topliss-reactive ketones (excluding diaryl/α,β-unsaturated/α-hetero) is 1. The number of halogens is 1. The lowest BCUT2D eigenvalue weighted by molar-refractivity contribution is 0.0982. The molecule has 0 radical (unpaired) electrons. The van der Waals surface area contributed by atoms with Crippen molar-refractivity contribution in [2.45, 2.75) is 22.6 Å². The minimum atomic E-state index is -3.86. The topological polar surface area (TPSA) is 77.7 Å². The van der Waals surface area contributed by atoms with Gasteiger partial charge in [0.15, 0.2) is 17.3 Å². The molecule has 0 saturated carbocycles. The summed E-state index contributed by atoms with van der Waals surface area (Å²) in [6.07, 6.45) is 5.95. The number of aromatic nitrogens is 2. The number of nitrogens with zero attached hydrogens (tertiary/aromatic N) is 2. The zero-order valence-corrected chi connectivity index (χ0v) is 17.5. The summed E-state index contributed by atoms with van der Waals surface area (Å²) in [6, 6.07) is 13.3. The molecule has 2 aromatic heterocycles. The van der Waals surface area contributed by atoms with Crippen molar-refractivity contribution in [3.8, 4) is 5.75 Å². The molecule has 0 bridgehead atoms. The van der Waals surface area contributed by atoms with Gasteiger partial charge >= 0.3 is 0 Å². The molecule has 0 aliphatic carbocycles. The fourth-order valence-electron chi connectivity index (χ4n) is 3.27. The Balaban J connectivity index is 1.46. The molecule has 31 heavy (non-hydrogen) atoms. The first kappa shape index (κ1) is 20.7. The number of ether oxygens (including phenoxy) is 1. The first-order valence-corrected chi connectivity index (χ1v) is 11.0. The monoisotopic (exact) mass is 438 g/mol. The van der Waals surface area contributed by atoms with E-state index in [1.807, 2.05) is 0 Å². The van der Waals surface area contributed by atoms with Crippen molar-refractivity contribution in [1.82, 2.24) is 9.38 Å². The number of sulfone groups is 1. The number of fused-ring (bicyclic) bond motifs is 1. The number of hydrogen-bond donors (Lipinski definition) is 0. The van der Waals surface area contributed by atoms with Crippen LogP contribution in [0.25, 0.3) is 5.65 Å². The van der Waals surface area contributed by atoms with Gasteiger partial charge in [0.2, 0.25) is 9.84 Å².